The number of nitrogens with one attached hydrogen (secondary N) is 3. The van der Waals surface area contributed by atoms with Gasteiger partial charge in [0, 0.05) is 62.3 Å². The second-order valence-corrected chi connectivity index (χ2v) is 12.6. The van der Waals surface area contributed by atoms with Crippen LogP contribution in [-0.2, 0) is 27.2 Å². The zero-order chi connectivity index (χ0) is 30.4. The van der Waals surface area contributed by atoms with E-state index in [0.717, 1.165) is 80.1 Å². The molecule has 3 amide bonds. The largest absolute Gasteiger partial charge is 0.490 e. The van der Waals surface area contributed by atoms with Crippen LogP contribution in [0.15, 0.2) is 36.4 Å². The van der Waals surface area contributed by atoms with Gasteiger partial charge in [0.25, 0.3) is 0 Å². The molecule has 0 atom stereocenters. The molecule has 2 saturated heterocycles. The number of fused-ring (bicyclic) bond motifs is 2. The second-order valence-electron chi connectivity index (χ2n) is 12.6. The third-order valence-electron chi connectivity index (χ3n) is 7.94. The molecule has 2 fully saturated rings. The van der Waals surface area contributed by atoms with Crippen LogP contribution in [0.5, 0.6) is 11.5 Å². The Morgan fingerprint density at radius 3 is 1.72 bits per heavy atom. The number of ether oxygens (including phenoxy) is 3. The van der Waals surface area contributed by atoms with Gasteiger partial charge in [0.1, 0.15) is 29.3 Å². The fourth-order valence-electron chi connectivity index (χ4n) is 5.63. The number of benzene rings is 2. The van der Waals surface area contributed by atoms with E-state index in [0.29, 0.717) is 32.0 Å². The lowest BCUT2D eigenvalue weighted by atomic mass is 10.0. The number of hydrogen-bond acceptors (Lipinski definition) is 7. The van der Waals surface area contributed by atoms with Crippen LogP contribution < -0.4 is 25.4 Å². The molecule has 0 bridgehead atoms. The van der Waals surface area contributed by atoms with Crippen molar-refractivity contribution in [3.05, 3.63) is 47.5 Å². The third-order valence-corrected chi connectivity index (χ3v) is 7.94. The Labute approximate surface area is 253 Å². The van der Waals surface area contributed by atoms with Crippen molar-refractivity contribution < 1.29 is 28.6 Å². The van der Waals surface area contributed by atoms with E-state index in [9.17, 15) is 14.4 Å². The Morgan fingerprint density at radius 1 is 0.744 bits per heavy atom. The first kappa shape index (κ1) is 30.7. The van der Waals surface area contributed by atoms with Crippen LogP contribution in [0.3, 0.4) is 0 Å². The number of piperidine rings is 2. The standard InChI is InChI=1S/C19H26N2O4.C14H18N2O2/c1-19(2,3)25-18(23)21-10-8-14(9-11-21)24-15-6-4-13-5-7-17(22)20-16(13)12-15;17-14-4-2-10-1-3-12(9-13(10)16-14)18-11-5-7-15-8-6-11/h4,6,12,14H,5,7-11H2,1-3H3,(H,20,22);1,3,9,11,15H,2,4-8H2,(H,16,17). The first-order valence-corrected chi connectivity index (χ1v) is 15.5. The van der Waals surface area contributed by atoms with Crippen molar-refractivity contribution in [3.63, 3.8) is 0 Å². The Kier molecular flexibility index (Phi) is 9.75. The van der Waals surface area contributed by atoms with Crippen molar-refractivity contribution in [1.29, 1.82) is 0 Å². The molecule has 4 aliphatic rings. The number of nitrogens with zero attached hydrogens (tertiary/aromatic N) is 1. The van der Waals surface area contributed by atoms with Gasteiger partial charge in [-0.05, 0) is 82.8 Å². The molecule has 6 rings (SSSR count). The van der Waals surface area contributed by atoms with Gasteiger partial charge in [-0.3, -0.25) is 9.59 Å². The van der Waals surface area contributed by atoms with Crippen molar-refractivity contribution in [2.45, 2.75) is 89.9 Å². The molecule has 3 N–H and O–H groups in total. The highest BCUT2D eigenvalue weighted by atomic mass is 16.6. The first-order chi connectivity index (χ1) is 20.6. The van der Waals surface area contributed by atoms with Gasteiger partial charge in [0.05, 0.1) is 0 Å². The van der Waals surface area contributed by atoms with Gasteiger partial charge in [-0.25, -0.2) is 4.79 Å². The lowest BCUT2D eigenvalue weighted by Crippen LogP contribution is -2.44. The Bertz CT molecular complexity index is 1310. The summed E-state index contributed by atoms with van der Waals surface area (Å²) in [7, 11) is 0. The summed E-state index contributed by atoms with van der Waals surface area (Å²) < 4.78 is 17.4. The average molecular weight is 593 g/mol. The van der Waals surface area contributed by atoms with Crippen LogP contribution in [0.1, 0.15) is 70.4 Å². The van der Waals surface area contributed by atoms with Crippen molar-refractivity contribution in [3.8, 4) is 11.5 Å². The number of hydrogen-bond donors (Lipinski definition) is 3. The molecule has 2 aromatic carbocycles. The van der Waals surface area contributed by atoms with Gasteiger partial charge >= 0.3 is 6.09 Å². The van der Waals surface area contributed by atoms with E-state index in [1.807, 2.05) is 51.1 Å². The molecular weight excluding hydrogens is 548 g/mol. The van der Waals surface area contributed by atoms with Crippen molar-refractivity contribution in [1.82, 2.24) is 10.2 Å². The Morgan fingerprint density at radius 2 is 1.23 bits per heavy atom. The molecule has 0 radical (unpaired) electrons. The number of carbonyl (C=O) groups is 3. The second kappa shape index (κ2) is 13.7. The molecule has 4 heterocycles. The molecule has 2 aromatic rings. The van der Waals surface area contributed by atoms with E-state index in [4.69, 9.17) is 14.2 Å². The van der Waals surface area contributed by atoms with Gasteiger partial charge in [0.2, 0.25) is 11.8 Å². The molecular formula is C33H44N4O6. The monoisotopic (exact) mass is 592 g/mol. The molecule has 232 valence electrons. The maximum Gasteiger partial charge on any atom is 0.410 e. The highest BCUT2D eigenvalue weighted by Crippen LogP contribution is 2.30. The topological polar surface area (TPSA) is 118 Å². The lowest BCUT2D eigenvalue weighted by Gasteiger charge is -2.33. The molecule has 0 saturated carbocycles. The van der Waals surface area contributed by atoms with Crippen LogP contribution in [0, 0.1) is 0 Å². The summed E-state index contributed by atoms with van der Waals surface area (Å²) >= 11 is 0. The van der Waals surface area contributed by atoms with Crippen molar-refractivity contribution in [2.24, 2.45) is 0 Å². The summed E-state index contributed by atoms with van der Waals surface area (Å²) in [4.78, 5) is 36.7. The zero-order valence-electron chi connectivity index (χ0n) is 25.5. The fourth-order valence-corrected chi connectivity index (χ4v) is 5.63. The van der Waals surface area contributed by atoms with Crippen molar-refractivity contribution >= 4 is 29.3 Å². The predicted octanol–water partition coefficient (Wildman–Crippen LogP) is 5.05. The van der Waals surface area contributed by atoms with E-state index in [1.54, 1.807) is 4.90 Å². The molecule has 4 aliphatic heterocycles. The molecule has 10 heteroatoms. The quantitative estimate of drug-likeness (QED) is 0.455. The van der Waals surface area contributed by atoms with Crippen LogP contribution in [0.2, 0.25) is 0 Å². The summed E-state index contributed by atoms with van der Waals surface area (Å²) in [6.45, 7) is 8.90. The predicted molar refractivity (Wildman–Crippen MR) is 165 cm³/mol. The van der Waals surface area contributed by atoms with E-state index in [2.05, 4.69) is 22.0 Å². The normalized spacial score (nSPS) is 19.1. The van der Waals surface area contributed by atoms with Crippen LogP contribution in [0.25, 0.3) is 0 Å². The fraction of sp³-hybridized carbons (Fsp3) is 0.545. The third kappa shape index (κ3) is 8.86. The Hall–Kier alpha value is -3.79. The molecule has 0 aromatic heterocycles. The number of carbonyl (C=O) groups excluding carboxylic acids is 3. The molecule has 0 aliphatic carbocycles. The van der Waals surface area contributed by atoms with Gasteiger partial charge in [-0.15, -0.1) is 0 Å². The zero-order valence-corrected chi connectivity index (χ0v) is 25.5. The van der Waals surface area contributed by atoms with E-state index in [1.165, 1.54) is 5.56 Å². The van der Waals surface area contributed by atoms with Crippen LogP contribution >= 0.6 is 0 Å². The molecule has 0 unspecified atom stereocenters. The highest BCUT2D eigenvalue weighted by Gasteiger charge is 2.28. The summed E-state index contributed by atoms with van der Waals surface area (Å²) in [5, 5.41) is 9.12. The number of amides is 3. The first-order valence-electron chi connectivity index (χ1n) is 15.5. The summed E-state index contributed by atoms with van der Waals surface area (Å²) in [6.07, 6.45) is 6.45. The Balaban J connectivity index is 0.000000180. The lowest BCUT2D eigenvalue weighted by molar-refractivity contribution is -0.117. The molecule has 43 heavy (non-hydrogen) atoms. The summed E-state index contributed by atoms with van der Waals surface area (Å²) in [5.74, 6) is 1.77. The van der Waals surface area contributed by atoms with Crippen LogP contribution in [-0.4, -0.2) is 66.8 Å². The minimum atomic E-state index is -0.474. The van der Waals surface area contributed by atoms with Crippen LogP contribution in [0.4, 0.5) is 16.2 Å². The van der Waals surface area contributed by atoms with Gasteiger partial charge in [0.15, 0.2) is 0 Å². The minimum Gasteiger partial charge on any atom is -0.490 e. The number of anilines is 2. The summed E-state index contributed by atoms with van der Waals surface area (Å²) in [5.41, 5.74) is 3.63. The van der Waals surface area contributed by atoms with Gasteiger partial charge in [-0.1, -0.05) is 12.1 Å². The smallest absolute Gasteiger partial charge is 0.410 e. The van der Waals surface area contributed by atoms with Gasteiger partial charge in [-0.2, -0.15) is 0 Å². The van der Waals surface area contributed by atoms with E-state index < -0.39 is 5.60 Å². The number of rotatable bonds is 4. The minimum absolute atomic E-state index is 0.0512. The number of aryl methyl sites for hydroxylation is 2. The van der Waals surface area contributed by atoms with Gasteiger partial charge < -0.3 is 35.1 Å². The maximum atomic E-state index is 12.1. The number of likely N-dealkylation sites (tertiary alicyclic amines) is 1. The summed E-state index contributed by atoms with van der Waals surface area (Å²) in [6, 6.07) is 11.9. The molecule has 10 nitrogen and oxygen atoms in total. The average Bonchev–Trinajstić information content (AvgIpc) is 2.97. The molecule has 0 spiro atoms. The van der Waals surface area contributed by atoms with E-state index >= 15 is 0 Å². The highest BCUT2D eigenvalue weighted by molar-refractivity contribution is 5.94. The SMILES string of the molecule is CC(C)(C)OC(=O)N1CCC(Oc2ccc3c(c2)NC(=O)CC3)CC1.O=C1CCc2ccc(OC3CCNCC3)cc2N1. The van der Waals surface area contributed by atoms with E-state index in [-0.39, 0.29) is 24.0 Å². The maximum absolute atomic E-state index is 12.1. The van der Waals surface area contributed by atoms with Crippen molar-refractivity contribution in [2.75, 3.05) is 36.8 Å².